The highest BCUT2D eigenvalue weighted by Gasteiger charge is 2.28. The Labute approximate surface area is 101 Å². The number of likely N-dealkylation sites (tertiary alicyclic amines) is 1. The molecule has 2 unspecified atom stereocenters. The first-order valence-corrected chi connectivity index (χ1v) is 7.11. The molecule has 2 heteroatoms. The van der Waals surface area contributed by atoms with Crippen molar-refractivity contribution in [2.45, 2.75) is 58.0 Å². The third-order valence-electron chi connectivity index (χ3n) is 4.85. The van der Waals surface area contributed by atoms with Gasteiger partial charge in [0.25, 0.3) is 0 Å². The summed E-state index contributed by atoms with van der Waals surface area (Å²) >= 11 is 0. The summed E-state index contributed by atoms with van der Waals surface area (Å²) in [6.07, 6.45) is 7.12. The molecule has 94 valence electrons. The van der Waals surface area contributed by atoms with E-state index in [-0.39, 0.29) is 0 Å². The lowest BCUT2D eigenvalue weighted by Crippen LogP contribution is -2.47. The van der Waals surface area contributed by atoms with Crippen molar-refractivity contribution in [2.24, 2.45) is 11.8 Å². The van der Waals surface area contributed by atoms with Gasteiger partial charge in [0.05, 0.1) is 0 Å². The third-order valence-corrected chi connectivity index (χ3v) is 4.85. The average Bonchev–Trinajstić information content (AvgIpc) is 2.15. The van der Waals surface area contributed by atoms with Crippen LogP contribution >= 0.6 is 0 Å². The molecule has 2 rings (SSSR count). The SMILES string of the molecule is CC(NC(C)C1CCN(C)CC1)C1CCC1. The second-order valence-corrected chi connectivity index (χ2v) is 6.08. The van der Waals surface area contributed by atoms with Crippen LogP contribution in [0.3, 0.4) is 0 Å². The van der Waals surface area contributed by atoms with Crippen LogP contribution in [0.5, 0.6) is 0 Å². The van der Waals surface area contributed by atoms with Crippen molar-refractivity contribution >= 4 is 0 Å². The summed E-state index contributed by atoms with van der Waals surface area (Å²) in [6.45, 7) is 7.35. The highest BCUT2D eigenvalue weighted by molar-refractivity contribution is 4.85. The molecule has 16 heavy (non-hydrogen) atoms. The minimum Gasteiger partial charge on any atom is -0.311 e. The van der Waals surface area contributed by atoms with E-state index in [4.69, 9.17) is 0 Å². The zero-order chi connectivity index (χ0) is 11.5. The summed E-state index contributed by atoms with van der Waals surface area (Å²) in [5.74, 6) is 1.87. The Hall–Kier alpha value is -0.0800. The van der Waals surface area contributed by atoms with Crippen molar-refractivity contribution in [2.75, 3.05) is 20.1 Å². The van der Waals surface area contributed by atoms with E-state index in [0.717, 1.165) is 17.9 Å². The van der Waals surface area contributed by atoms with E-state index in [9.17, 15) is 0 Å². The van der Waals surface area contributed by atoms with Gasteiger partial charge >= 0.3 is 0 Å². The van der Waals surface area contributed by atoms with Gasteiger partial charge in [-0.1, -0.05) is 6.42 Å². The van der Waals surface area contributed by atoms with Crippen LogP contribution in [0.4, 0.5) is 0 Å². The van der Waals surface area contributed by atoms with E-state index in [1.807, 2.05) is 0 Å². The molecule has 2 fully saturated rings. The zero-order valence-electron chi connectivity index (χ0n) is 11.2. The van der Waals surface area contributed by atoms with Gasteiger partial charge in [0.15, 0.2) is 0 Å². The molecule has 1 saturated heterocycles. The summed E-state index contributed by atoms with van der Waals surface area (Å²) in [4.78, 5) is 2.46. The minimum absolute atomic E-state index is 0.712. The summed E-state index contributed by atoms with van der Waals surface area (Å²) in [6, 6.07) is 1.45. The summed E-state index contributed by atoms with van der Waals surface area (Å²) in [5, 5.41) is 3.85. The van der Waals surface area contributed by atoms with Crippen molar-refractivity contribution in [3.05, 3.63) is 0 Å². The van der Waals surface area contributed by atoms with Gasteiger partial charge in [0, 0.05) is 12.1 Å². The van der Waals surface area contributed by atoms with Gasteiger partial charge in [-0.15, -0.1) is 0 Å². The quantitative estimate of drug-likeness (QED) is 0.789. The van der Waals surface area contributed by atoms with E-state index in [1.165, 1.54) is 45.2 Å². The first-order chi connectivity index (χ1) is 7.66. The molecule has 2 aliphatic rings. The second-order valence-electron chi connectivity index (χ2n) is 6.08. The van der Waals surface area contributed by atoms with Crippen LogP contribution in [-0.4, -0.2) is 37.1 Å². The maximum absolute atomic E-state index is 3.85. The molecule has 0 aromatic rings. The fraction of sp³-hybridized carbons (Fsp3) is 1.00. The molecule has 1 aliphatic carbocycles. The Morgan fingerprint density at radius 3 is 1.88 bits per heavy atom. The Bertz CT molecular complexity index is 205. The number of hydrogen-bond donors (Lipinski definition) is 1. The van der Waals surface area contributed by atoms with Crippen molar-refractivity contribution < 1.29 is 0 Å². The Kier molecular flexibility index (Phi) is 4.26. The standard InChI is InChI=1S/C14H28N2/c1-11(13-5-4-6-13)15-12(2)14-7-9-16(3)10-8-14/h11-15H,4-10H2,1-3H3. The molecule has 0 aromatic carbocycles. The molecule has 0 aromatic heterocycles. The van der Waals surface area contributed by atoms with Crippen LogP contribution in [0.15, 0.2) is 0 Å². The maximum atomic E-state index is 3.85. The molecule has 0 radical (unpaired) electrons. The van der Waals surface area contributed by atoms with Gasteiger partial charge in [0.1, 0.15) is 0 Å². The smallest absolute Gasteiger partial charge is 0.00705 e. The summed E-state index contributed by atoms with van der Waals surface area (Å²) < 4.78 is 0. The Morgan fingerprint density at radius 1 is 0.938 bits per heavy atom. The number of nitrogens with one attached hydrogen (secondary N) is 1. The van der Waals surface area contributed by atoms with Gasteiger partial charge in [-0.3, -0.25) is 0 Å². The normalized spacial score (nSPS) is 28.7. The molecule has 0 bridgehead atoms. The van der Waals surface area contributed by atoms with Crippen molar-refractivity contribution in [3.63, 3.8) is 0 Å². The van der Waals surface area contributed by atoms with Crippen LogP contribution in [0, 0.1) is 11.8 Å². The summed E-state index contributed by atoms with van der Waals surface area (Å²) in [7, 11) is 2.24. The van der Waals surface area contributed by atoms with E-state index >= 15 is 0 Å². The van der Waals surface area contributed by atoms with Crippen LogP contribution in [0.1, 0.15) is 46.0 Å². The fourth-order valence-electron chi connectivity index (χ4n) is 3.16. The highest BCUT2D eigenvalue weighted by atomic mass is 15.1. The molecule has 1 aliphatic heterocycles. The van der Waals surface area contributed by atoms with Gasteiger partial charge in [-0.05, 0) is 71.5 Å². The monoisotopic (exact) mass is 224 g/mol. The van der Waals surface area contributed by atoms with Crippen LogP contribution < -0.4 is 5.32 Å². The largest absolute Gasteiger partial charge is 0.311 e. The van der Waals surface area contributed by atoms with Crippen molar-refractivity contribution in [1.29, 1.82) is 0 Å². The lowest BCUT2D eigenvalue weighted by molar-refractivity contribution is 0.163. The minimum atomic E-state index is 0.712. The number of piperidine rings is 1. The van der Waals surface area contributed by atoms with E-state index < -0.39 is 0 Å². The molecular weight excluding hydrogens is 196 g/mol. The Morgan fingerprint density at radius 2 is 1.44 bits per heavy atom. The van der Waals surface area contributed by atoms with E-state index in [2.05, 4.69) is 31.1 Å². The predicted octanol–water partition coefficient (Wildman–Crippen LogP) is 2.49. The maximum Gasteiger partial charge on any atom is 0.00705 e. The first kappa shape index (κ1) is 12.4. The van der Waals surface area contributed by atoms with Crippen LogP contribution in [0.2, 0.25) is 0 Å². The molecule has 1 heterocycles. The Balaban J connectivity index is 1.72. The third kappa shape index (κ3) is 2.98. The summed E-state index contributed by atoms with van der Waals surface area (Å²) in [5.41, 5.74) is 0. The van der Waals surface area contributed by atoms with Crippen molar-refractivity contribution in [1.82, 2.24) is 10.2 Å². The molecule has 0 spiro atoms. The topological polar surface area (TPSA) is 15.3 Å². The van der Waals surface area contributed by atoms with E-state index in [1.54, 1.807) is 0 Å². The van der Waals surface area contributed by atoms with Crippen molar-refractivity contribution in [3.8, 4) is 0 Å². The highest BCUT2D eigenvalue weighted by Crippen LogP contribution is 2.30. The lowest BCUT2D eigenvalue weighted by atomic mass is 9.79. The van der Waals surface area contributed by atoms with Gasteiger partial charge in [-0.2, -0.15) is 0 Å². The zero-order valence-corrected chi connectivity index (χ0v) is 11.2. The molecule has 1 saturated carbocycles. The van der Waals surface area contributed by atoms with E-state index in [0.29, 0.717) is 6.04 Å². The lowest BCUT2D eigenvalue weighted by Gasteiger charge is -2.38. The molecular formula is C14H28N2. The van der Waals surface area contributed by atoms with Crippen LogP contribution in [0.25, 0.3) is 0 Å². The second kappa shape index (κ2) is 5.50. The molecule has 1 N–H and O–H groups in total. The predicted molar refractivity (Wildman–Crippen MR) is 69.6 cm³/mol. The number of hydrogen-bond acceptors (Lipinski definition) is 2. The molecule has 2 atom stereocenters. The van der Waals surface area contributed by atoms with Gasteiger partial charge < -0.3 is 10.2 Å². The number of rotatable bonds is 4. The van der Waals surface area contributed by atoms with Gasteiger partial charge in [-0.25, -0.2) is 0 Å². The molecule has 0 amide bonds. The molecule has 2 nitrogen and oxygen atoms in total. The fourth-order valence-corrected chi connectivity index (χ4v) is 3.16. The first-order valence-electron chi connectivity index (χ1n) is 7.11. The number of nitrogens with zero attached hydrogens (tertiary/aromatic N) is 1. The average molecular weight is 224 g/mol. The van der Waals surface area contributed by atoms with Gasteiger partial charge in [0.2, 0.25) is 0 Å². The van der Waals surface area contributed by atoms with Crippen LogP contribution in [-0.2, 0) is 0 Å².